The molecule has 2 aromatic rings. The molecule has 0 aromatic heterocycles. The lowest BCUT2D eigenvalue weighted by molar-refractivity contribution is -0.130. The highest BCUT2D eigenvalue weighted by Gasteiger charge is 2.25. The first-order valence-electron chi connectivity index (χ1n) is 9.71. The maximum atomic E-state index is 12.5. The van der Waals surface area contributed by atoms with Gasteiger partial charge in [-0.1, -0.05) is 0 Å². The number of hydrogen-bond acceptors (Lipinski definition) is 5. The summed E-state index contributed by atoms with van der Waals surface area (Å²) in [7, 11) is -2.08. The fraction of sp³-hybridized carbons (Fsp3) is 0.286. The van der Waals surface area contributed by atoms with E-state index in [0.717, 1.165) is 0 Å². The summed E-state index contributed by atoms with van der Waals surface area (Å²) in [5, 5.41) is 3.87. The van der Waals surface area contributed by atoms with E-state index in [2.05, 4.69) is 10.7 Å². The van der Waals surface area contributed by atoms with Gasteiger partial charge in [-0.05, 0) is 62.4 Å². The van der Waals surface area contributed by atoms with Crippen molar-refractivity contribution >= 4 is 39.1 Å². The van der Waals surface area contributed by atoms with E-state index in [1.807, 2.05) is 0 Å². The van der Waals surface area contributed by atoms with Crippen molar-refractivity contribution in [2.45, 2.75) is 37.6 Å². The van der Waals surface area contributed by atoms with Crippen LogP contribution in [0.1, 0.15) is 37.0 Å². The zero-order valence-electron chi connectivity index (χ0n) is 17.5. The van der Waals surface area contributed by atoms with E-state index in [4.69, 9.17) is 0 Å². The number of nitrogens with one attached hydrogen (secondary N) is 2. The Bertz CT molecular complexity index is 1100. The van der Waals surface area contributed by atoms with E-state index in [9.17, 15) is 22.8 Å². The van der Waals surface area contributed by atoms with E-state index < -0.39 is 15.9 Å². The number of rotatable bonds is 6. The van der Waals surface area contributed by atoms with Gasteiger partial charge in [-0.15, -0.1) is 0 Å². The molecule has 1 aliphatic heterocycles. The van der Waals surface area contributed by atoms with Gasteiger partial charge in [0.25, 0.3) is 5.91 Å². The highest BCUT2D eigenvalue weighted by molar-refractivity contribution is 7.89. The van der Waals surface area contributed by atoms with Gasteiger partial charge < -0.3 is 5.32 Å². The first-order valence-corrected chi connectivity index (χ1v) is 11.2. The molecule has 1 aliphatic rings. The number of anilines is 2. The summed E-state index contributed by atoms with van der Waals surface area (Å²) in [6.45, 7) is 3.57. The predicted octanol–water partition coefficient (Wildman–Crippen LogP) is 2.13. The minimum absolute atomic E-state index is 0.132. The number of hydrazine groups is 1. The minimum atomic E-state index is -3.60. The van der Waals surface area contributed by atoms with Crippen LogP contribution in [0.15, 0.2) is 53.4 Å². The monoisotopic (exact) mass is 444 g/mol. The lowest BCUT2D eigenvalue weighted by atomic mass is 10.1. The molecule has 1 heterocycles. The van der Waals surface area contributed by atoms with Crippen molar-refractivity contribution in [2.75, 3.05) is 17.4 Å². The van der Waals surface area contributed by atoms with Crippen molar-refractivity contribution in [3.63, 3.8) is 0 Å². The Balaban J connectivity index is 1.69. The van der Waals surface area contributed by atoms with Crippen LogP contribution in [-0.4, -0.2) is 43.5 Å². The molecule has 0 bridgehead atoms. The molecule has 0 spiro atoms. The molecule has 2 aromatic carbocycles. The second-order valence-electron chi connectivity index (χ2n) is 7.40. The Kier molecular flexibility index (Phi) is 6.42. The van der Waals surface area contributed by atoms with Crippen molar-refractivity contribution in [1.29, 1.82) is 0 Å². The molecule has 3 amide bonds. The van der Waals surface area contributed by atoms with Gasteiger partial charge >= 0.3 is 0 Å². The smallest absolute Gasteiger partial charge is 0.255 e. The molecule has 9 nitrogen and oxygen atoms in total. The molecular formula is C21H24N4O5S. The number of amides is 3. The van der Waals surface area contributed by atoms with Crippen LogP contribution < -0.4 is 15.8 Å². The van der Waals surface area contributed by atoms with Gasteiger partial charge in [-0.2, -0.15) is 4.31 Å². The SMILES string of the molecule is CC(C)N(C)S(=O)(=O)c1ccc(NC(=O)c2ccc(N3NC(=O)CCC3=O)cc2)cc1. The van der Waals surface area contributed by atoms with Gasteiger partial charge in [-0.3, -0.25) is 19.8 Å². The Morgan fingerprint density at radius 1 is 1.03 bits per heavy atom. The Labute approximate surface area is 181 Å². The summed E-state index contributed by atoms with van der Waals surface area (Å²) >= 11 is 0. The maximum absolute atomic E-state index is 12.5. The molecule has 31 heavy (non-hydrogen) atoms. The largest absolute Gasteiger partial charge is 0.322 e. The van der Waals surface area contributed by atoms with Gasteiger partial charge in [-0.25, -0.2) is 13.4 Å². The number of benzene rings is 2. The summed E-state index contributed by atoms with van der Waals surface area (Å²) < 4.78 is 26.3. The number of hydrogen-bond donors (Lipinski definition) is 2. The van der Waals surface area contributed by atoms with Crippen molar-refractivity contribution < 1.29 is 22.8 Å². The molecule has 0 atom stereocenters. The van der Waals surface area contributed by atoms with Gasteiger partial charge in [0.15, 0.2) is 0 Å². The summed E-state index contributed by atoms with van der Waals surface area (Å²) in [6.07, 6.45) is 0.288. The van der Waals surface area contributed by atoms with Crippen LogP contribution in [0, 0.1) is 0 Å². The van der Waals surface area contributed by atoms with Gasteiger partial charge in [0, 0.05) is 37.2 Å². The quantitative estimate of drug-likeness (QED) is 0.708. The van der Waals surface area contributed by atoms with Crippen LogP contribution in [0.2, 0.25) is 0 Å². The van der Waals surface area contributed by atoms with Gasteiger partial charge in [0.1, 0.15) is 0 Å². The molecule has 2 N–H and O–H groups in total. The molecule has 0 radical (unpaired) electrons. The predicted molar refractivity (Wildman–Crippen MR) is 116 cm³/mol. The first kappa shape index (κ1) is 22.4. The van der Waals surface area contributed by atoms with Crippen molar-refractivity contribution in [2.24, 2.45) is 0 Å². The summed E-state index contributed by atoms with van der Waals surface area (Å²) in [5.74, 6) is -0.864. The number of carbonyl (C=O) groups is 3. The number of nitrogens with zero attached hydrogens (tertiary/aromatic N) is 2. The molecule has 3 rings (SSSR count). The van der Waals surface area contributed by atoms with Crippen molar-refractivity contribution in [3.8, 4) is 0 Å². The van der Waals surface area contributed by atoms with Crippen molar-refractivity contribution in [1.82, 2.24) is 9.73 Å². The molecule has 1 saturated heterocycles. The normalized spacial score (nSPS) is 14.7. The van der Waals surface area contributed by atoms with E-state index in [1.54, 1.807) is 26.0 Å². The standard InChI is InChI=1S/C21H24N4O5S/c1-14(2)24(3)31(29,30)18-10-6-16(7-11-18)22-21(28)15-4-8-17(9-5-15)25-20(27)13-12-19(26)23-25/h4-11,14H,12-13H2,1-3H3,(H,22,28)(H,23,26). The molecule has 0 aliphatic carbocycles. The summed E-state index contributed by atoms with van der Waals surface area (Å²) in [6, 6.07) is 12.0. The van der Waals surface area contributed by atoms with Gasteiger partial charge in [0.2, 0.25) is 21.8 Å². The van der Waals surface area contributed by atoms with E-state index in [-0.39, 0.29) is 35.6 Å². The highest BCUT2D eigenvalue weighted by Crippen LogP contribution is 2.21. The second-order valence-corrected chi connectivity index (χ2v) is 9.40. The van der Waals surface area contributed by atoms with Crippen LogP contribution in [0.4, 0.5) is 11.4 Å². The average Bonchev–Trinajstić information content (AvgIpc) is 2.75. The van der Waals surface area contributed by atoms with E-state index in [0.29, 0.717) is 16.9 Å². The van der Waals surface area contributed by atoms with Crippen LogP contribution in [0.25, 0.3) is 0 Å². The lowest BCUT2D eigenvalue weighted by Crippen LogP contribution is -2.50. The highest BCUT2D eigenvalue weighted by atomic mass is 32.2. The Morgan fingerprint density at radius 3 is 2.23 bits per heavy atom. The summed E-state index contributed by atoms with van der Waals surface area (Å²) in [4.78, 5) is 36.1. The first-order chi connectivity index (χ1) is 14.6. The molecule has 0 unspecified atom stereocenters. The van der Waals surface area contributed by atoms with Crippen LogP contribution in [0.3, 0.4) is 0 Å². The fourth-order valence-electron chi connectivity index (χ4n) is 2.90. The number of sulfonamides is 1. The zero-order valence-corrected chi connectivity index (χ0v) is 18.3. The third-order valence-electron chi connectivity index (χ3n) is 4.96. The van der Waals surface area contributed by atoms with Crippen LogP contribution in [-0.2, 0) is 19.6 Å². The molecule has 0 saturated carbocycles. The molecule has 10 heteroatoms. The third-order valence-corrected chi connectivity index (χ3v) is 7.00. The maximum Gasteiger partial charge on any atom is 0.255 e. The molecule has 164 valence electrons. The van der Waals surface area contributed by atoms with E-state index in [1.165, 1.54) is 52.8 Å². The number of carbonyl (C=O) groups excluding carboxylic acids is 3. The Morgan fingerprint density at radius 2 is 1.65 bits per heavy atom. The zero-order chi connectivity index (χ0) is 22.8. The average molecular weight is 445 g/mol. The topological polar surface area (TPSA) is 116 Å². The third kappa shape index (κ3) is 4.92. The lowest BCUT2D eigenvalue weighted by Gasteiger charge is -2.27. The Hall–Kier alpha value is -3.24. The minimum Gasteiger partial charge on any atom is -0.322 e. The van der Waals surface area contributed by atoms with Crippen molar-refractivity contribution in [3.05, 3.63) is 54.1 Å². The van der Waals surface area contributed by atoms with Crippen LogP contribution in [0.5, 0.6) is 0 Å². The molecular weight excluding hydrogens is 420 g/mol. The summed E-state index contributed by atoms with van der Waals surface area (Å²) in [5.41, 5.74) is 3.74. The molecule has 1 fully saturated rings. The van der Waals surface area contributed by atoms with Crippen LogP contribution >= 0.6 is 0 Å². The fourth-order valence-corrected chi connectivity index (χ4v) is 4.27. The van der Waals surface area contributed by atoms with Gasteiger partial charge in [0.05, 0.1) is 10.6 Å². The second kappa shape index (κ2) is 8.86. The van der Waals surface area contributed by atoms with E-state index >= 15 is 0 Å².